The average Bonchev–Trinajstić information content (AvgIpc) is 2.87. The molecule has 0 spiro atoms. The zero-order valence-electron chi connectivity index (χ0n) is 15.8. The number of aliphatic carboxylic acids is 1. The van der Waals surface area contributed by atoms with Crippen LogP contribution in [0.3, 0.4) is 0 Å². The van der Waals surface area contributed by atoms with E-state index in [2.05, 4.69) is 19.9 Å². The number of unbranched alkanes of at least 4 members (excludes halogenated alkanes) is 1. The first-order chi connectivity index (χ1) is 12.3. The van der Waals surface area contributed by atoms with Crippen molar-refractivity contribution < 1.29 is 14.7 Å². The molecule has 0 aliphatic heterocycles. The topological polar surface area (TPSA) is 59.3 Å². The Morgan fingerprint density at radius 3 is 2.50 bits per heavy atom. The van der Waals surface area contributed by atoms with Gasteiger partial charge < -0.3 is 5.11 Å². The minimum Gasteiger partial charge on any atom is -0.481 e. The molecule has 0 aliphatic rings. The Labute approximate surface area is 160 Å². The van der Waals surface area contributed by atoms with Crippen LogP contribution in [0.1, 0.15) is 63.4 Å². The van der Waals surface area contributed by atoms with Gasteiger partial charge in [0.05, 0.1) is 5.52 Å². The van der Waals surface area contributed by atoms with Crippen molar-refractivity contribution in [3.8, 4) is 0 Å². The molecular weight excluding hydrogens is 350 g/mol. The summed E-state index contributed by atoms with van der Waals surface area (Å²) < 4.78 is 1.74. The summed E-state index contributed by atoms with van der Waals surface area (Å²) in [7, 11) is 0. The van der Waals surface area contributed by atoms with Crippen LogP contribution in [0.5, 0.6) is 0 Å². The van der Waals surface area contributed by atoms with Gasteiger partial charge in [0.15, 0.2) is 0 Å². The quantitative estimate of drug-likeness (QED) is 0.561. The number of carbonyl (C=O) groups is 2. The molecule has 0 radical (unpaired) electrons. The number of carboxylic acid groups (broad SMARTS) is 1. The van der Waals surface area contributed by atoms with Gasteiger partial charge in [-0.1, -0.05) is 51.3 Å². The van der Waals surface area contributed by atoms with Crippen molar-refractivity contribution in [2.75, 3.05) is 0 Å². The molecule has 2 aromatic rings. The van der Waals surface area contributed by atoms with Gasteiger partial charge in [0.2, 0.25) is 5.91 Å². The van der Waals surface area contributed by atoms with Gasteiger partial charge in [-0.25, -0.2) is 0 Å². The summed E-state index contributed by atoms with van der Waals surface area (Å²) in [5, 5.41) is 10.5. The molecule has 5 heteroatoms. The monoisotopic (exact) mass is 377 g/mol. The highest BCUT2D eigenvalue weighted by atomic mass is 35.5. The van der Waals surface area contributed by atoms with Crippen molar-refractivity contribution in [3.63, 3.8) is 0 Å². The van der Waals surface area contributed by atoms with E-state index >= 15 is 0 Å². The van der Waals surface area contributed by atoms with Crippen molar-refractivity contribution >= 4 is 34.4 Å². The van der Waals surface area contributed by atoms with E-state index in [4.69, 9.17) is 16.7 Å². The molecule has 1 heterocycles. The normalized spacial score (nSPS) is 12.7. The zero-order chi connectivity index (χ0) is 19.3. The summed E-state index contributed by atoms with van der Waals surface area (Å²) in [4.78, 5) is 23.8. The highest BCUT2D eigenvalue weighted by molar-refractivity contribution is 6.31. The fourth-order valence-electron chi connectivity index (χ4n) is 3.33. The SMILES string of the molecule is CC(C)CCCCc1cc2ccc(Cl)cc2n1C(=O)CC(C)CC(=O)O. The van der Waals surface area contributed by atoms with E-state index in [1.165, 1.54) is 6.42 Å². The number of nitrogens with zero attached hydrogens (tertiary/aromatic N) is 1. The molecular formula is C21H28ClNO3. The lowest BCUT2D eigenvalue weighted by molar-refractivity contribution is -0.137. The highest BCUT2D eigenvalue weighted by Gasteiger charge is 2.19. The third kappa shape index (κ3) is 5.60. The largest absolute Gasteiger partial charge is 0.481 e. The summed E-state index contributed by atoms with van der Waals surface area (Å²) in [6, 6.07) is 7.63. The molecule has 1 unspecified atom stereocenters. The molecule has 26 heavy (non-hydrogen) atoms. The van der Waals surface area contributed by atoms with Crippen LogP contribution in [0.4, 0.5) is 0 Å². The van der Waals surface area contributed by atoms with Crippen LogP contribution in [0.2, 0.25) is 5.02 Å². The number of rotatable bonds is 9. The smallest absolute Gasteiger partial charge is 0.303 e. The first kappa shape index (κ1) is 20.5. The maximum absolute atomic E-state index is 12.9. The van der Waals surface area contributed by atoms with Crippen molar-refractivity contribution in [2.24, 2.45) is 11.8 Å². The van der Waals surface area contributed by atoms with E-state index < -0.39 is 5.97 Å². The molecule has 0 amide bonds. The lowest BCUT2D eigenvalue weighted by Gasteiger charge is -2.13. The Bertz CT molecular complexity index is 779. The Balaban J connectivity index is 2.25. The van der Waals surface area contributed by atoms with E-state index in [9.17, 15) is 9.59 Å². The fourth-order valence-corrected chi connectivity index (χ4v) is 3.49. The third-order valence-electron chi connectivity index (χ3n) is 4.60. The predicted octanol–water partition coefficient (Wildman–Crippen LogP) is 5.80. The van der Waals surface area contributed by atoms with Gasteiger partial charge in [-0.15, -0.1) is 0 Å². The number of aromatic nitrogens is 1. The van der Waals surface area contributed by atoms with Gasteiger partial charge in [0.25, 0.3) is 0 Å². The molecule has 1 aromatic heterocycles. The summed E-state index contributed by atoms with van der Waals surface area (Å²) >= 11 is 6.14. The first-order valence-electron chi connectivity index (χ1n) is 9.32. The van der Waals surface area contributed by atoms with Crippen molar-refractivity contribution in [2.45, 2.75) is 59.3 Å². The molecule has 0 saturated carbocycles. The Morgan fingerprint density at radius 1 is 1.12 bits per heavy atom. The standard InChI is InChI=1S/C21H28ClNO3/c1-14(2)6-4-5-7-18-12-16-8-9-17(22)13-19(16)23(18)20(24)10-15(3)11-21(25)26/h8-9,12-15H,4-7,10-11H2,1-3H3,(H,25,26). The maximum atomic E-state index is 12.9. The third-order valence-corrected chi connectivity index (χ3v) is 4.84. The summed E-state index contributed by atoms with van der Waals surface area (Å²) in [6.45, 7) is 6.23. The second-order valence-corrected chi connectivity index (χ2v) is 8.05. The van der Waals surface area contributed by atoms with E-state index in [0.717, 1.165) is 35.9 Å². The Hall–Kier alpha value is -1.81. The number of aryl methyl sites for hydroxylation is 1. The maximum Gasteiger partial charge on any atom is 0.303 e. The van der Waals surface area contributed by atoms with E-state index in [1.807, 2.05) is 18.2 Å². The van der Waals surface area contributed by atoms with E-state index in [1.54, 1.807) is 11.5 Å². The van der Waals surface area contributed by atoms with Crippen LogP contribution in [-0.4, -0.2) is 21.6 Å². The summed E-state index contributed by atoms with van der Waals surface area (Å²) in [5.41, 5.74) is 1.79. The van der Waals surface area contributed by atoms with Gasteiger partial charge in [-0.3, -0.25) is 14.2 Å². The summed E-state index contributed by atoms with van der Waals surface area (Å²) in [5.74, 6) is -0.460. The van der Waals surface area contributed by atoms with Gasteiger partial charge in [-0.05, 0) is 42.9 Å². The lowest BCUT2D eigenvalue weighted by atomic mass is 10.0. The number of fused-ring (bicyclic) bond motifs is 1. The van der Waals surface area contributed by atoms with Crippen LogP contribution < -0.4 is 0 Å². The first-order valence-corrected chi connectivity index (χ1v) is 9.70. The lowest BCUT2D eigenvalue weighted by Crippen LogP contribution is -2.18. The zero-order valence-corrected chi connectivity index (χ0v) is 16.6. The molecule has 0 bridgehead atoms. The fraction of sp³-hybridized carbons (Fsp3) is 0.524. The number of hydrogen-bond acceptors (Lipinski definition) is 2. The Morgan fingerprint density at radius 2 is 1.85 bits per heavy atom. The van der Waals surface area contributed by atoms with Crippen LogP contribution in [0, 0.1) is 11.8 Å². The Kier molecular flexibility index (Phi) is 7.27. The number of benzene rings is 1. The minimum absolute atomic E-state index is 0.00454. The molecule has 0 fully saturated rings. The van der Waals surface area contributed by atoms with E-state index in [-0.39, 0.29) is 24.7 Å². The van der Waals surface area contributed by atoms with Crippen LogP contribution >= 0.6 is 11.6 Å². The second kappa shape index (κ2) is 9.22. The minimum atomic E-state index is -0.875. The molecule has 0 saturated heterocycles. The predicted molar refractivity (Wildman–Crippen MR) is 106 cm³/mol. The van der Waals surface area contributed by atoms with Crippen LogP contribution in [-0.2, 0) is 11.2 Å². The summed E-state index contributed by atoms with van der Waals surface area (Å²) in [6.07, 6.45) is 4.37. The van der Waals surface area contributed by atoms with Crippen molar-refractivity contribution in [3.05, 3.63) is 35.0 Å². The second-order valence-electron chi connectivity index (χ2n) is 7.61. The molecule has 1 N–H and O–H groups in total. The van der Waals surface area contributed by atoms with Crippen LogP contribution in [0.15, 0.2) is 24.3 Å². The van der Waals surface area contributed by atoms with Crippen molar-refractivity contribution in [1.29, 1.82) is 0 Å². The number of hydrogen-bond donors (Lipinski definition) is 1. The molecule has 1 atom stereocenters. The number of carbonyl (C=O) groups excluding carboxylic acids is 1. The highest BCUT2D eigenvalue weighted by Crippen LogP contribution is 2.26. The van der Waals surface area contributed by atoms with Crippen molar-refractivity contribution in [1.82, 2.24) is 4.57 Å². The van der Waals surface area contributed by atoms with Gasteiger partial charge in [-0.2, -0.15) is 0 Å². The van der Waals surface area contributed by atoms with Gasteiger partial charge >= 0.3 is 5.97 Å². The van der Waals surface area contributed by atoms with E-state index in [0.29, 0.717) is 10.9 Å². The molecule has 2 rings (SSSR count). The number of carboxylic acids is 1. The molecule has 142 valence electrons. The molecule has 4 nitrogen and oxygen atoms in total. The molecule has 1 aromatic carbocycles. The van der Waals surface area contributed by atoms with Gasteiger partial charge in [0.1, 0.15) is 0 Å². The number of halogens is 1. The van der Waals surface area contributed by atoms with Gasteiger partial charge in [0, 0.05) is 28.9 Å². The molecule has 0 aliphatic carbocycles. The average molecular weight is 378 g/mol. The van der Waals surface area contributed by atoms with Crippen LogP contribution in [0.25, 0.3) is 10.9 Å².